The Labute approximate surface area is 125 Å². The van der Waals surface area contributed by atoms with Crippen molar-refractivity contribution in [3.63, 3.8) is 0 Å². The fourth-order valence-electron chi connectivity index (χ4n) is 2.71. The van der Waals surface area contributed by atoms with Gasteiger partial charge in [-0.15, -0.1) is 0 Å². The number of carboxylic acids is 1. The lowest BCUT2D eigenvalue weighted by Gasteiger charge is -2.26. The van der Waals surface area contributed by atoms with Gasteiger partial charge in [-0.3, -0.25) is 9.59 Å². The summed E-state index contributed by atoms with van der Waals surface area (Å²) in [6.07, 6.45) is 3.22. The van der Waals surface area contributed by atoms with E-state index >= 15 is 0 Å². The topological polar surface area (TPSA) is 83.4 Å². The molecule has 1 saturated heterocycles. The van der Waals surface area contributed by atoms with Crippen molar-refractivity contribution in [2.75, 3.05) is 6.54 Å². The molecule has 2 unspecified atom stereocenters. The Morgan fingerprint density at radius 3 is 3.05 bits per heavy atom. The summed E-state index contributed by atoms with van der Waals surface area (Å²) in [5.74, 6) is -1.62. The van der Waals surface area contributed by atoms with Gasteiger partial charge >= 0.3 is 5.97 Å². The van der Waals surface area contributed by atoms with Crippen LogP contribution in [0.15, 0.2) is 18.3 Å². The number of carbonyl (C=O) groups is 2. The third-order valence-electron chi connectivity index (χ3n) is 3.88. The monoisotopic (exact) mass is 305 g/mol. The maximum atomic E-state index is 12.6. The van der Waals surface area contributed by atoms with Gasteiger partial charge in [0.25, 0.3) is 5.91 Å². The zero-order valence-electron chi connectivity index (χ0n) is 11.5. The number of aromatic nitrogens is 2. The van der Waals surface area contributed by atoms with Crippen LogP contribution in [0.1, 0.15) is 29.6 Å². The fourth-order valence-corrected chi connectivity index (χ4v) is 3.58. The van der Waals surface area contributed by atoms with E-state index < -0.39 is 11.9 Å². The Hall–Kier alpha value is -2.02. The Morgan fingerprint density at radius 1 is 1.52 bits per heavy atom. The zero-order valence-corrected chi connectivity index (χ0v) is 12.3. The smallest absolute Gasteiger partial charge is 0.308 e. The van der Waals surface area contributed by atoms with Crippen molar-refractivity contribution in [1.29, 1.82) is 0 Å². The maximum absolute atomic E-state index is 12.6. The van der Waals surface area contributed by atoms with Gasteiger partial charge in [0.1, 0.15) is 10.3 Å². The van der Waals surface area contributed by atoms with E-state index in [9.17, 15) is 9.59 Å². The van der Waals surface area contributed by atoms with Crippen LogP contribution < -0.4 is 0 Å². The molecule has 2 atom stereocenters. The molecule has 21 heavy (non-hydrogen) atoms. The molecule has 110 valence electrons. The molecule has 1 aliphatic heterocycles. The molecule has 0 radical (unpaired) electrons. The Bertz CT molecular complexity index is 667. The number of carboxylic acid groups (broad SMARTS) is 1. The Kier molecular flexibility index (Phi) is 3.59. The molecule has 0 aromatic carbocycles. The quantitative estimate of drug-likeness (QED) is 0.938. The third-order valence-corrected chi connectivity index (χ3v) is 4.84. The van der Waals surface area contributed by atoms with E-state index in [4.69, 9.17) is 5.11 Å². The standard InChI is InChI=1S/C14H15N3O3S/c1-8(14(19)20)10-5-3-7-17(10)13(18)12-16-9-4-2-6-15-11(9)21-12/h2,4,6,8,10H,3,5,7H2,1H3,(H,19,20). The summed E-state index contributed by atoms with van der Waals surface area (Å²) in [4.78, 5) is 34.6. The highest BCUT2D eigenvalue weighted by Gasteiger charge is 2.37. The van der Waals surface area contributed by atoms with Gasteiger partial charge in [-0.25, -0.2) is 9.97 Å². The molecule has 6 nitrogen and oxygen atoms in total. The number of thiazole rings is 1. The van der Waals surface area contributed by atoms with E-state index in [1.54, 1.807) is 24.1 Å². The number of hydrogen-bond donors (Lipinski definition) is 1. The molecular weight excluding hydrogens is 290 g/mol. The van der Waals surface area contributed by atoms with Crippen LogP contribution in [-0.2, 0) is 4.79 Å². The minimum absolute atomic E-state index is 0.186. The largest absolute Gasteiger partial charge is 0.481 e. The van der Waals surface area contributed by atoms with Gasteiger partial charge in [-0.1, -0.05) is 11.3 Å². The molecule has 1 N–H and O–H groups in total. The number of fused-ring (bicyclic) bond motifs is 1. The van der Waals surface area contributed by atoms with Gasteiger partial charge in [0.2, 0.25) is 0 Å². The first-order chi connectivity index (χ1) is 10.1. The van der Waals surface area contributed by atoms with E-state index in [1.807, 2.05) is 6.07 Å². The number of nitrogens with zero attached hydrogens (tertiary/aromatic N) is 3. The lowest BCUT2D eigenvalue weighted by atomic mass is 10.00. The molecule has 3 rings (SSSR count). The molecule has 0 aliphatic carbocycles. The van der Waals surface area contributed by atoms with Crippen LogP contribution in [0.25, 0.3) is 10.3 Å². The van der Waals surface area contributed by atoms with Crippen LogP contribution in [0.2, 0.25) is 0 Å². The van der Waals surface area contributed by atoms with Crippen molar-refractivity contribution in [2.45, 2.75) is 25.8 Å². The molecule has 0 bridgehead atoms. The molecule has 3 heterocycles. The van der Waals surface area contributed by atoms with E-state index in [1.165, 1.54) is 11.3 Å². The summed E-state index contributed by atoms with van der Waals surface area (Å²) in [7, 11) is 0. The van der Waals surface area contributed by atoms with Crippen molar-refractivity contribution < 1.29 is 14.7 Å². The summed E-state index contributed by atoms with van der Waals surface area (Å²) in [6, 6.07) is 3.34. The van der Waals surface area contributed by atoms with Crippen molar-refractivity contribution in [1.82, 2.24) is 14.9 Å². The van der Waals surface area contributed by atoms with Crippen molar-refractivity contribution in [3.8, 4) is 0 Å². The lowest BCUT2D eigenvalue weighted by Crippen LogP contribution is -2.41. The summed E-state index contributed by atoms with van der Waals surface area (Å²) < 4.78 is 0. The molecule has 0 spiro atoms. The van der Waals surface area contributed by atoms with Gasteiger partial charge in [-0.05, 0) is 31.9 Å². The SMILES string of the molecule is CC(C(=O)O)C1CCCN1C(=O)c1nc2cccnc2s1. The predicted molar refractivity (Wildman–Crippen MR) is 78.3 cm³/mol. The second-order valence-corrected chi connectivity index (χ2v) is 6.16. The second kappa shape index (κ2) is 5.40. The number of hydrogen-bond acceptors (Lipinski definition) is 5. The molecule has 0 saturated carbocycles. The average molecular weight is 305 g/mol. The van der Waals surface area contributed by atoms with Crippen LogP contribution in [0, 0.1) is 5.92 Å². The van der Waals surface area contributed by atoms with Gasteiger partial charge in [0, 0.05) is 18.8 Å². The number of likely N-dealkylation sites (tertiary alicyclic amines) is 1. The number of aliphatic carboxylic acids is 1. The van der Waals surface area contributed by atoms with Gasteiger partial charge < -0.3 is 10.0 Å². The van der Waals surface area contributed by atoms with Crippen LogP contribution in [0.4, 0.5) is 0 Å². The van der Waals surface area contributed by atoms with Crippen LogP contribution in [-0.4, -0.2) is 44.4 Å². The lowest BCUT2D eigenvalue weighted by molar-refractivity contribution is -0.142. The maximum Gasteiger partial charge on any atom is 0.308 e. The van der Waals surface area contributed by atoms with Crippen molar-refractivity contribution >= 4 is 33.6 Å². The molecule has 2 aromatic heterocycles. The molecular formula is C14H15N3O3S. The third kappa shape index (κ3) is 2.49. The number of carbonyl (C=O) groups excluding carboxylic acids is 1. The Balaban J connectivity index is 1.88. The molecule has 1 fully saturated rings. The predicted octanol–water partition coefficient (Wildman–Crippen LogP) is 2.02. The van der Waals surface area contributed by atoms with Gasteiger partial charge in [0.15, 0.2) is 5.01 Å². The summed E-state index contributed by atoms with van der Waals surface area (Å²) in [5.41, 5.74) is 0.702. The first kappa shape index (κ1) is 13.9. The number of pyridine rings is 1. The highest BCUT2D eigenvalue weighted by molar-refractivity contribution is 7.19. The highest BCUT2D eigenvalue weighted by Crippen LogP contribution is 2.28. The Morgan fingerprint density at radius 2 is 2.33 bits per heavy atom. The first-order valence-corrected chi connectivity index (χ1v) is 7.65. The van der Waals surface area contributed by atoms with E-state index in [0.29, 0.717) is 17.1 Å². The normalized spacial score (nSPS) is 19.9. The van der Waals surface area contributed by atoms with E-state index in [2.05, 4.69) is 9.97 Å². The molecule has 1 aliphatic rings. The minimum atomic E-state index is -0.870. The van der Waals surface area contributed by atoms with E-state index in [-0.39, 0.29) is 11.9 Å². The number of amides is 1. The first-order valence-electron chi connectivity index (χ1n) is 6.83. The summed E-state index contributed by atoms with van der Waals surface area (Å²) in [6.45, 7) is 2.24. The molecule has 2 aromatic rings. The van der Waals surface area contributed by atoms with Crippen molar-refractivity contribution in [3.05, 3.63) is 23.3 Å². The second-order valence-electron chi connectivity index (χ2n) is 5.18. The van der Waals surface area contributed by atoms with Crippen molar-refractivity contribution in [2.24, 2.45) is 5.92 Å². The molecule has 7 heteroatoms. The average Bonchev–Trinajstić information content (AvgIpc) is 3.11. The van der Waals surface area contributed by atoms with Crippen LogP contribution in [0.5, 0.6) is 0 Å². The fraction of sp³-hybridized carbons (Fsp3) is 0.429. The highest BCUT2D eigenvalue weighted by atomic mass is 32.1. The van der Waals surface area contributed by atoms with Gasteiger partial charge in [0.05, 0.1) is 5.92 Å². The van der Waals surface area contributed by atoms with Crippen LogP contribution in [0.3, 0.4) is 0 Å². The summed E-state index contributed by atoms with van der Waals surface area (Å²) in [5, 5.41) is 9.55. The molecule has 1 amide bonds. The van der Waals surface area contributed by atoms with Gasteiger partial charge in [-0.2, -0.15) is 0 Å². The number of rotatable bonds is 3. The zero-order chi connectivity index (χ0) is 15.0. The minimum Gasteiger partial charge on any atom is -0.481 e. The van der Waals surface area contributed by atoms with E-state index in [0.717, 1.165) is 17.7 Å². The summed E-state index contributed by atoms with van der Waals surface area (Å²) >= 11 is 1.25. The van der Waals surface area contributed by atoms with Crippen LogP contribution >= 0.6 is 11.3 Å².